The third-order valence-electron chi connectivity index (χ3n) is 2.97. The first kappa shape index (κ1) is 14.2. The third kappa shape index (κ3) is 5.33. The highest BCUT2D eigenvalue weighted by molar-refractivity contribution is 5.03. The molecule has 0 atom stereocenters. The normalized spacial score (nSPS) is 11.3. The van der Waals surface area contributed by atoms with Crippen LogP contribution in [0.4, 0.5) is 0 Å². The van der Waals surface area contributed by atoms with Gasteiger partial charge in [-0.15, -0.1) is 0 Å². The number of likely N-dealkylation sites (N-methyl/N-ethyl adjacent to an activating group) is 1. The minimum atomic E-state index is 0.922. The molecule has 0 unspecified atom stereocenters. The molecule has 0 saturated heterocycles. The lowest BCUT2D eigenvalue weighted by Crippen LogP contribution is -2.31. The SMILES string of the molecule is CCCn1cc(CNCCN(CC)CC)cn1. The van der Waals surface area contributed by atoms with Crippen molar-refractivity contribution in [1.29, 1.82) is 0 Å². The second-order valence-corrected chi connectivity index (χ2v) is 4.32. The molecule has 0 saturated carbocycles. The minimum absolute atomic E-state index is 0.922. The molecule has 0 fully saturated rings. The Hall–Kier alpha value is -0.870. The first-order chi connectivity index (χ1) is 8.30. The van der Waals surface area contributed by atoms with Gasteiger partial charge >= 0.3 is 0 Å². The Kier molecular flexibility index (Phi) is 6.89. The van der Waals surface area contributed by atoms with Gasteiger partial charge in [0.05, 0.1) is 6.20 Å². The number of hydrogen-bond acceptors (Lipinski definition) is 3. The zero-order valence-electron chi connectivity index (χ0n) is 11.4. The summed E-state index contributed by atoms with van der Waals surface area (Å²) >= 11 is 0. The molecule has 1 aromatic rings. The van der Waals surface area contributed by atoms with Gasteiger partial charge in [0.15, 0.2) is 0 Å². The molecule has 0 spiro atoms. The second kappa shape index (κ2) is 8.25. The largest absolute Gasteiger partial charge is 0.311 e. The first-order valence-corrected chi connectivity index (χ1v) is 6.74. The van der Waals surface area contributed by atoms with Crippen LogP contribution in [0, 0.1) is 0 Å². The molecular weight excluding hydrogens is 212 g/mol. The fourth-order valence-electron chi connectivity index (χ4n) is 1.86. The number of aryl methyl sites for hydroxylation is 1. The summed E-state index contributed by atoms with van der Waals surface area (Å²) in [5.74, 6) is 0. The number of aromatic nitrogens is 2. The van der Waals surface area contributed by atoms with E-state index in [0.29, 0.717) is 0 Å². The molecule has 1 N–H and O–H groups in total. The van der Waals surface area contributed by atoms with Crippen molar-refractivity contribution in [2.75, 3.05) is 26.2 Å². The van der Waals surface area contributed by atoms with E-state index in [4.69, 9.17) is 0 Å². The van der Waals surface area contributed by atoms with E-state index in [1.54, 1.807) is 0 Å². The summed E-state index contributed by atoms with van der Waals surface area (Å²) in [5, 5.41) is 7.78. The fourth-order valence-corrected chi connectivity index (χ4v) is 1.86. The third-order valence-corrected chi connectivity index (χ3v) is 2.97. The summed E-state index contributed by atoms with van der Waals surface area (Å²) in [6.45, 7) is 12.9. The van der Waals surface area contributed by atoms with E-state index in [0.717, 1.165) is 45.7 Å². The van der Waals surface area contributed by atoms with Crippen LogP contribution in [0.15, 0.2) is 12.4 Å². The van der Waals surface area contributed by atoms with Crippen LogP contribution in [0.1, 0.15) is 32.8 Å². The summed E-state index contributed by atoms with van der Waals surface area (Å²) in [4.78, 5) is 2.42. The van der Waals surface area contributed by atoms with E-state index >= 15 is 0 Å². The number of nitrogens with one attached hydrogen (secondary N) is 1. The average molecular weight is 238 g/mol. The van der Waals surface area contributed by atoms with Gasteiger partial charge in [-0.2, -0.15) is 5.10 Å². The van der Waals surface area contributed by atoms with Crippen LogP contribution < -0.4 is 5.32 Å². The molecule has 4 nitrogen and oxygen atoms in total. The molecule has 98 valence electrons. The van der Waals surface area contributed by atoms with Crippen molar-refractivity contribution in [3.8, 4) is 0 Å². The summed E-state index contributed by atoms with van der Waals surface area (Å²) < 4.78 is 2.02. The van der Waals surface area contributed by atoms with Crippen molar-refractivity contribution < 1.29 is 0 Å². The van der Waals surface area contributed by atoms with Crippen molar-refractivity contribution in [3.05, 3.63) is 18.0 Å². The van der Waals surface area contributed by atoms with Gasteiger partial charge in [-0.05, 0) is 19.5 Å². The molecule has 1 aromatic heterocycles. The van der Waals surface area contributed by atoms with E-state index in [2.05, 4.69) is 42.3 Å². The predicted molar refractivity (Wildman–Crippen MR) is 72.0 cm³/mol. The van der Waals surface area contributed by atoms with Crippen molar-refractivity contribution in [3.63, 3.8) is 0 Å². The molecule has 4 heteroatoms. The highest BCUT2D eigenvalue weighted by atomic mass is 15.3. The van der Waals surface area contributed by atoms with Crippen LogP contribution in [0.5, 0.6) is 0 Å². The van der Waals surface area contributed by atoms with Gasteiger partial charge in [0, 0.05) is 37.9 Å². The monoisotopic (exact) mass is 238 g/mol. The molecule has 0 amide bonds. The zero-order chi connectivity index (χ0) is 12.5. The standard InChI is InChI=1S/C13H26N4/c1-4-8-17-12-13(11-15-17)10-14-7-9-16(5-2)6-3/h11-12,14H,4-10H2,1-3H3. The van der Waals surface area contributed by atoms with Crippen molar-refractivity contribution in [1.82, 2.24) is 20.0 Å². The van der Waals surface area contributed by atoms with Gasteiger partial charge in [-0.1, -0.05) is 20.8 Å². The van der Waals surface area contributed by atoms with Gasteiger partial charge in [-0.25, -0.2) is 0 Å². The topological polar surface area (TPSA) is 33.1 Å². The van der Waals surface area contributed by atoms with Crippen molar-refractivity contribution in [2.24, 2.45) is 0 Å². The Bertz CT molecular complexity index is 291. The Morgan fingerprint density at radius 2 is 2.06 bits per heavy atom. The number of hydrogen-bond donors (Lipinski definition) is 1. The average Bonchev–Trinajstić information content (AvgIpc) is 2.78. The molecule has 0 aliphatic rings. The summed E-state index contributed by atoms with van der Waals surface area (Å²) in [6.07, 6.45) is 5.23. The Morgan fingerprint density at radius 3 is 2.71 bits per heavy atom. The van der Waals surface area contributed by atoms with Crippen LogP contribution in [-0.4, -0.2) is 40.9 Å². The number of rotatable bonds is 9. The fraction of sp³-hybridized carbons (Fsp3) is 0.769. The van der Waals surface area contributed by atoms with E-state index in [9.17, 15) is 0 Å². The summed E-state index contributed by atoms with van der Waals surface area (Å²) in [5.41, 5.74) is 1.28. The molecule has 0 radical (unpaired) electrons. The van der Waals surface area contributed by atoms with E-state index in [1.807, 2.05) is 10.9 Å². The van der Waals surface area contributed by atoms with Crippen LogP contribution in [-0.2, 0) is 13.1 Å². The lowest BCUT2D eigenvalue weighted by Gasteiger charge is -2.17. The predicted octanol–water partition coefficient (Wildman–Crippen LogP) is 1.72. The lowest BCUT2D eigenvalue weighted by atomic mass is 10.3. The smallest absolute Gasteiger partial charge is 0.0534 e. The second-order valence-electron chi connectivity index (χ2n) is 4.32. The molecule has 0 aromatic carbocycles. The Balaban J connectivity index is 2.17. The Morgan fingerprint density at radius 1 is 1.29 bits per heavy atom. The maximum Gasteiger partial charge on any atom is 0.0534 e. The maximum absolute atomic E-state index is 4.32. The molecule has 1 rings (SSSR count). The Labute approximate surface area is 105 Å². The van der Waals surface area contributed by atoms with E-state index in [-0.39, 0.29) is 0 Å². The molecule has 0 aliphatic heterocycles. The van der Waals surface area contributed by atoms with Crippen molar-refractivity contribution in [2.45, 2.75) is 40.3 Å². The quantitative estimate of drug-likeness (QED) is 0.665. The van der Waals surface area contributed by atoms with Crippen LogP contribution in [0.3, 0.4) is 0 Å². The summed E-state index contributed by atoms with van der Waals surface area (Å²) in [6, 6.07) is 0. The van der Waals surface area contributed by atoms with E-state index in [1.165, 1.54) is 5.56 Å². The first-order valence-electron chi connectivity index (χ1n) is 6.74. The molecule has 1 heterocycles. The van der Waals surface area contributed by atoms with Gasteiger partial charge < -0.3 is 10.2 Å². The van der Waals surface area contributed by atoms with Crippen molar-refractivity contribution >= 4 is 0 Å². The highest BCUT2D eigenvalue weighted by Gasteiger charge is 1.99. The minimum Gasteiger partial charge on any atom is -0.311 e. The van der Waals surface area contributed by atoms with Gasteiger partial charge in [-0.3, -0.25) is 4.68 Å². The molecule has 0 bridgehead atoms. The van der Waals surface area contributed by atoms with E-state index < -0.39 is 0 Å². The van der Waals surface area contributed by atoms with Crippen LogP contribution >= 0.6 is 0 Å². The summed E-state index contributed by atoms with van der Waals surface area (Å²) in [7, 11) is 0. The highest BCUT2D eigenvalue weighted by Crippen LogP contribution is 1.98. The lowest BCUT2D eigenvalue weighted by molar-refractivity contribution is 0.302. The maximum atomic E-state index is 4.32. The van der Waals surface area contributed by atoms with Gasteiger partial charge in [0.25, 0.3) is 0 Å². The molecular formula is C13H26N4. The molecule has 0 aliphatic carbocycles. The zero-order valence-corrected chi connectivity index (χ0v) is 11.4. The molecule has 17 heavy (non-hydrogen) atoms. The number of nitrogens with zero attached hydrogens (tertiary/aromatic N) is 3. The van der Waals surface area contributed by atoms with Gasteiger partial charge in [0.2, 0.25) is 0 Å². The van der Waals surface area contributed by atoms with Crippen LogP contribution in [0.25, 0.3) is 0 Å². The van der Waals surface area contributed by atoms with Crippen LogP contribution in [0.2, 0.25) is 0 Å². The van der Waals surface area contributed by atoms with Gasteiger partial charge in [0.1, 0.15) is 0 Å².